The van der Waals surface area contributed by atoms with Gasteiger partial charge in [-0.05, 0) is 18.2 Å². The zero-order chi connectivity index (χ0) is 19.4. The fourth-order valence-corrected chi connectivity index (χ4v) is 2.40. The van der Waals surface area contributed by atoms with Crippen LogP contribution in [-0.2, 0) is 4.74 Å². The second kappa shape index (κ2) is 7.48. The first-order valence-corrected chi connectivity index (χ1v) is 7.66. The van der Waals surface area contributed by atoms with Crippen LogP contribution in [0.4, 0.5) is 11.4 Å². The largest absolute Gasteiger partial charge is 0.465 e. The van der Waals surface area contributed by atoms with Crippen molar-refractivity contribution in [1.29, 1.82) is 0 Å². The van der Waals surface area contributed by atoms with Crippen molar-refractivity contribution in [2.24, 2.45) is 0 Å². The number of rotatable bonds is 5. The van der Waals surface area contributed by atoms with E-state index in [4.69, 9.17) is 4.42 Å². The maximum Gasteiger partial charge on any atom is 0.338 e. The first-order chi connectivity index (χ1) is 13.0. The molecule has 0 aliphatic rings. The Labute approximate surface area is 152 Å². The second-order valence-electron chi connectivity index (χ2n) is 5.42. The third kappa shape index (κ3) is 3.98. The molecule has 2 aromatic carbocycles. The summed E-state index contributed by atoms with van der Waals surface area (Å²) >= 11 is 0. The fourth-order valence-electron chi connectivity index (χ4n) is 2.40. The van der Waals surface area contributed by atoms with Crippen LogP contribution in [-0.4, -0.2) is 28.9 Å². The third-order valence-electron chi connectivity index (χ3n) is 3.65. The van der Waals surface area contributed by atoms with E-state index in [0.717, 1.165) is 19.2 Å². The summed E-state index contributed by atoms with van der Waals surface area (Å²) in [5.41, 5.74) is 0.611. The van der Waals surface area contributed by atoms with E-state index in [1.807, 2.05) is 0 Å². The van der Waals surface area contributed by atoms with E-state index in [-0.39, 0.29) is 11.1 Å². The van der Waals surface area contributed by atoms with Crippen LogP contribution in [0.25, 0.3) is 11.3 Å². The highest BCUT2D eigenvalue weighted by Gasteiger charge is 2.18. The molecule has 0 fully saturated rings. The van der Waals surface area contributed by atoms with Gasteiger partial charge in [0.15, 0.2) is 12.2 Å². The summed E-state index contributed by atoms with van der Waals surface area (Å²) in [6.45, 7) is 0. The predicted molar refractivity (Wildman–Crippen MR) is 94.3 cm³/mol. The number of esters is 1. The third-order valence-corrected chi connectivity index (χ3v) is 3.65. The molecule has 0 radical (unpaired) electrons. The number of nitro groups is 1. The molecule has 0 saturated carbocycles. The summed E-state index contributed by atoms with van der Waals surface area (Å²) in [6, 6.07) is 10.2. The van der Waals surface area contributed by atoms with Crippen LogP contribution in [0.3, 0.4) is 0 Å². The maximum absolute atomic E-state index is 12.5. The molecule has 1 amide bonds. The summed E-state index contributed by atoms with van der Waals surface area (Å²) in [7, 11) is 1.15. The normalized spacial score (nSPS) is 10.3. The van der Waals surface area contributed by atoms with Gasteiger partial charge in [-0.3, -0.25) is 14.9 Å². The van der Waals surface area contributed by atoms with Gasteiger partial charge in [0.05, 0.1) is 23.8 Å². The van der Waals surface area contributed by atoms with Crippen molar-refractivity contribution in [3.63, 3.8) is 0 Å². The Morgan fingerprint density at radius 3 is 2.63 bits per heavy atom. The first-order valence-electron chi connectivity index (χ1n) is 7.66. The van der Waals surface area contributed by atoms with Gasteiger partial charge in [-0.2, -0.15) is 0 Å². The smallest absolute Gasteiger partial charge is 0.338 e. The van der Waals surface area contributed by atoms with Crippen molar-refractivity contribution in [1.82, 2.24) is 4.98 Å². The Morgan fingerprint density at radius 1 is 1.19 bits per heavy atom. The number of hydrogen-bond acceptors (Lipinski definition) is 7. The standard InChI is InChI=1S/C18H13N3O6/c1-26-18(23)13-5-12(7-15(8-13)21(24)25)17(22)20-14-4-2-3-11(6-14)16-9-19-10-27-16/h2-10H,1H3,(H,20,22). The Bertz CT molecular complexity index is 1010. The highest BCUT2D eigenvalue weighted by Crippen LogP contribution is 2.23. The molecule has 0 spiro atoms. The minimum atomic E-state index is -0.778. The summed E-state index contributed by atoms with van der Waals surface area (Å²) in [6.07, 6.45) is 2.82. The molecule has 0 aliphatic heterocycles. The van der Waals surface area contributed by atoms with Gasteiger partial charge < -0.3 is 14.5 Å². The van der Waals surface area contributed by atoms with Crippen molar-refractivity contribution in [3.8, 4) is 11.3 Å². The van der Waals surface area contributed by atoms with E-state index in [9.17, 15) is 19.7 Å². The van der Waals surface area contributed by atoms with E-state index in [1.54, 1.807) is 24.3 Å². The zero-order valence-corrected chi connectivity index (χ0v) is 14.0. The van der Waals surface area contributed by atoms with Crippen LogP contribution >= 0.6 is 0 Å². The molecular formula is C18H13N3O6. The molecule has 0 aliphatic carbocycles. The van der Waals surface area contributed by atoms with Gasteiger partial charge in [-0.25, -0.2) is 9.78 Å². The Balaban J connectivity index is 1.90. The molecule has 9 heteroatoms. The zero-order valence-electron chi connectivity index (χ0n) is 14.0. The monoisotopic (exact) mass is 367 g/mol. The molecule has 3 rings (SSSR count). The lowest BCUT2D eigenvalue weighted by Gasteiger charge is -2.08. The maximum atomic E-state index is 12.5. The quantitative estimate of drug-likeness (QED) is 0.417. The van der Waals surface area contributed by atoms with E-state index in [1.165, 1.54) is 18.7 Å². The van der Waals surface area contributed by atoms with Gasteiger partial charge in [-0.15, -0.1) is 0 Å². The van der Waals surface area contributed by atoms with Crippen molar-refractivity contribution in [2.45, 2.75) is 0 Å². The first kappa shape index (κ1) is 17.8. The summed E-state index contributed by atoms with van der Waals surface area (Å²) in [5, 5.41) is 13.7. The number of nitrogens with zero attached hydrogens (tertiary/aromatic N) is 2. The summed E-state index contributed by atoms with van der Waals surface area (Å²) in [4.78, 5) is 38.5. The number of carbonyl (C=O) groups is 2. The lowest BCUT2D eigenvalue weighted by atomic mass is 10.1. The Hall–Kier alpha value is -4.01. The summed E-state index contributed by atoms with van der Waals surface area (Å²) < 4.78 is 9.78. The van der Waals surface area contributed by atoms with E-state index in [0.29, 0.717) is 17.0 Å². The SMILES string of the molecule is COC(=O)c1cc(C(=O)Nc2cccc(-c3cnco3)c2)cc([N+](=O)[O-])c1. The van der Waals surface area contributed by atoms with Crippen LogP contribution in [0.2, 0.25) is 0 Å². The Kier molecular flexibility index (Phi) is 4.93. The number of carbonyl (C=O) groups excluding carboxylic acids is 2. The van der Waals surface area contributed by atoms with Gasteiger partial charge in [0, 0.05) is 28.9 Å². The lowest BCUT2D eigenvalue weighted by Crippen LogP contribution is -2.14. The molecule has 0 saturated heterocycles. The molecule has 9 nitrogen and oxygen atoms in total. The molecule has 0 atom stereocenters. The van der Waals surface area contributed by atoms with Crippen LogP contribution in [0.1, 0.15) is 20.7 Å². The topological polar surface area (TPSA) is 125 Å². The number of nitrogens with one attached hydrogen (secondary N) is 1. The molecule has 136 valence electrons. The van der Waals surface area contributed by atoms with Gasteiger partial charge in [0.1, 0.15) is 0 Å². The molecule has 0 bridgehead atoms. The van der Waals surface area contributed by atoms with Crippen molar-refractivity contribution in [2.75, 3.05) is 12.4 Å². The number of methoxy groups -OCH3 is 1. The lowest BCUT2D eigenvalue weighted by molar-refractivity contribution is -0.384. The number of nitro benzene ring substituents is 1. The Morgan fingerprint density at radius 2 is 1.96 bits per heavy atom. The molecule has 1 aromatic heterocycles. The van der Waals surface area contributed by atoms with Gasteiger partial charge in [-0.1, -0.05) is 12.1 Å². The van der Waals surface area contributed by atoms with Crippen molar-refractivity contribution in [3.05, 3.63) is 76.3 Å². The van der Waals surface area contributed by atoms with Crippen LogP contribution in [0, 0.1) is 10.1 Å². The van der Waals surface area contributed by atoms with Gasteiger partial charge >= 0.3 is 5.97 Å². The van der Waals surface area contributed by atoms with Crippen LogP contribution in [0.5, 0.6) is 0 Å². The number of ether oxygens (including phenoxy) is 1. The second-order valence-corrected chi connectivity index (χ2v) is 5.42. The van der Waals surface area contributed by atoms with Crippen molar-refractivity contribution < 1.29 is 23.7 Å². The number of aromatic nitrogens is 1. The van der Waals surface area contributed by atoms with Crippen LogP contribution < -0.4 is 5.32 Å². The fraction of sp³-hybridized carbons (Fsp3) is 0.0556. The highest BCUT2D eigenvalue weighted by molar-refractivity contribution is 6.06. The van der Waals surface area contributed by atoms with Crippen molar-refractivity contribution >= 4 is 23.3 Å². The number of non-ortho nitro benzene ring substituents is 1. The number of amides is 1. The molecular weight excluding hydrogens is 354 g/mol. The number of benzene rings is 2. The van der Waals surface area contributed by atoms with Crippen LogP contribution in [0.15, 0.2) is 59.5 Å². The average molecular weight is 367 g/mol. The highest BCUT2D eigenvalue weighted by atomic mass is 16.6. The molecule has 0 unspecified atom stereocenters. The van der Waals surface area contributed by atoms with E-state index in [2.05, 4.69) is 15.0 Å². The number of oxazole rings is 1. The van der Waals surface area contributed by atoms with Gasteiger partial charge in [0.2, 0.25) is 0 Å². The molecule has 1 N–H and O–H groups in total. The molecule has 1 heterocycles. The molecule has 3 aromatic rings. The number of hydrogen-bond donors (Lipinski definition) is 1. The van der Waals surface area contributed by atoms with E-state index < -0.39 is 22.5 Å². The minimum absolute atomic E-state index is 0.0466. The average Bonchev–Trinajstić information content (AvgIpc) is 3.22. The van der Waals surface area contributed by atoms with Gasteiger partial charge in [0.25, 0.3) is 11.6 Å². The summed E-state index contributed by atoms with van der Waals surface area (Å²) in [5.74, 6) is -0.868. The molecule has 27 heavy (non-hydrogen) atoms. The van der Waals surface area contributed by atoms with E-state index >= 15 is 0 Å². The predicted octanol–water partition coefficient (Wildman–Crippen LogP) is 3.29. The minimum Gasteiger partial charge on any atom is -0.465 e. The number of anilines is 1.